The van der Waals surface area contributed by atoms with E-state index in [1.807, 2.05) is 30.9 Å². The van der Waals surface area contributed by atoms with Crippen LogP contribution in [0.3, 0.4) is 0 Å². The summed E-state index contributed by atoms with van der Waals surface area (Å²) in [6.45, 7) is 3.45. The van der Waals surface area contributed by atoms with Crippen LogP contribution in [0.25, 0.3) is 0 Å². The molecule has 1 atom stereocenters. The van der Waals surface area contributed by atoms with E-state index >= 15 is 0 Å². The van der Waals surface area contributed by atoms with Gasteiger partial charge < -0.3 is 0 Å². The normalized spacial score (nSPS) is 19.9. The molecule has 1 fully saturated rings. The summed E-state index contributed by atoms with van der Waals surface area (Å²) in [5.41, 5.74) is 2.73. The molecule has 3 rings (SSSR count). The fraction of sp³-hybridized carbons (Fsp3) is 0.412. The van der Waals surface area contributed by atoms with Crippen LogP contribution in [0.2, 0.25) is 0 Å². The minimum absolute atomic E-state index is 0.759. The lowest BCUT2D eigenvalue weighted by atomic mass is 9.91. The van der Waals surface area contributed by atoms with Gasteiger partial charge in [0.1, 0.15) is 0 Å². The zero-order chi connectivity index (χ0) is 13.6. The van der Waals surface area contributed by atoms with Gasteiger partial charge in [-0.3, -0.25) is 14.9 Å². The van der Waals surface area contributed by atoms with Crippen LogP contribution in [0.4, 0.5) is 0 Å². The smallest absolute Gasteiger partial charge is 0.0299 e. The molecule has 0 aromatic carbocycles. The molecule has 0 N–H and O–H groups in total. The lowest BCUT2D eigenvalue weighted by Crippen LogP contribution is -2.35. The molecule has 1 aliphatic rings. The number of nitrogens with zero attached hydrogens (tertiary/aromatic N) is 3. The highest BCUT2D eigenvalue weighted by atomic mass is 15.1. The Morgan fingerprint density at radius 2 is 1.95 bits per heavy atom. The Kier molecular flexibility index (Phi) is 4.38. The Morgan fingerprint density at radius 1 is 1.05 bits per heavy atom. The molecule has 0 aliphatic carbocycles. The molecule has 3 heterocycles. The summed E-state index contributed by atoms with van der Waals surface area (Å²) >= 11 is 0. The monoisotopic (exact) mass is 267 g/mol. The number of aromatic nitrogens is 2. The molecule has 2 aromatic rings. The summed E-state index contributed by atoms with van der Waals surface area (Å²) in [6, 6.07) is 8.46. The minimum Gasteiger partial charge on any atom is -0.299 e. The van der Waals surface area contributed by atoms with Crippen molar-refractivity contribution in [3.05, 3.63) is 60.2 Å². The molecule has 3 heteroatoms. The summed E-state index contributed by atoms with van der Waals surface area (Å²) in [5.74, 6) is 0.759. The molecule has 0 saturated carbocycles. The summed E-state index contributed by atoms with van der Waals surface area (Å²) in [4.78, 5) is 10.9. The standard InChI is InChI=1S/C17H21N3/c1-3-16(12-19-7-1)11-17-4-2-10-20(14-17)13-15-5-8-18-9-6-15/h1,3,5-9,12,17H,2,4,10-11,13-14H2. The van der Waals surface area contributed by atoms with Gasteiger partial charge in [0.15, 0.2) is 0 Å². The summed E-state index contributed by atoms with van der Waals surface area (Å²) in [6.07, 6.45) is 11.4. The first-order valence-electron chi connectivity index (χ1n) is 7.40. The average Bonchev–Trinajstić information content (AvgIpc) is 2.50. The van der Waals surface area contributed by atoms with Crippen LogP contribution < -0.4 is 0 Å². The van der Waals surface area contributed by atoms with Crippen molar-refractivity contribution in [3.63, 3.8) is 0 Å². The maximum atomic E-state index is 4.22. The van der Waals surface area contributed by atoms with Crippen LogP contribution in [-0.4, -0.2) is 28.0 Å². The highest BCUT2D eigenvalue weighted by molar-refractivity contribution is 5.11. The van der Waals surface area contributed by atoms with Crippen molar-refractivity contribution in [2.45, 2.75) is 25.8 Å². The first-order chi connectivity index (χ1) is 9.90. The van der Waals surface area contributed by atoms with Gasteiger partial charge in [-0.1, -0.05) is 6.07 Å². The van der Waals surface area contributed by atoms with Gasteiger partial charge in [-0.15, -0.1) is 0 Å². The van der Waals surface area contributed by atoms with Crippen molar-refractivity contribution in [2.24, 2.45) is 5.92 Å². The fourth-order valence-corrected chi connectivity index (χ4v) is 3.06. The quantitative estimate of drug-likeness (QED) is 0.853. The number of piperidine rings is 1. The molecular formula is C17H21N3. The zero-order valence-electron chi connectivity index (χ0n) is 11.8. The maximum Gasteiger partial charge on any atom is 0.0299 e. The Hall–Kier alpha value is -1.74. The minimum atomic E-state index is 0.759. The topological polar surface area (TPSA) is 29.0 Å². The molecule has 1 unspecified atom stereocenters. The van der Waals surface area contributed by atoms with Crippen molar-refractivity contribution in [1.82, 2.24) is 14.9 Å². The van der Waals surface area contributed by atoms with E-state index in [0.29, 0.717) is 0 Å². The highest BCUT2D eigenvalue weighted by Crippen LogP contribution is 2.21. The fourth-order valence-electron chi connectivity index (χ4n) is 3.06. The number of hydrogen-bond donors (Lipinski definition) is 0. The van der Waals surface area contributed by atoms with Gasteiger partial charge in [0.05, 0.1) is 0 Å². The molecule has 0 bridgehead atoms. The third-order valence-electron chi connectivity index (χ3n) is 4.01. The van der Waals surface area contributed by atoms with E-state index in [2.05, 4.69) is 33.1 Å². The number of rotatable bonds is 4. The Bertz CT molecular complexity index is 465. The maximum absolute atomic E-state index is 4.22. The second-order valence-electron chi connectivity index (χ2n) is 5.66. The SMILES string of the molecule is c1cncc(CC2CCCN(Cc3ccncc3)C2)c1. The first kappa shape index (κ1) is 13.3. The highest BCUT2D eigenvalue weighted by Gasteiger charge is 2.20. The van der Waals surface area contributed by atoms with Gasteiger partial charge >= 0.3 is 0 Å². The van der Waals surface area contributed by atoms with Crippen LogP contribution in [0, 0.1) is 5.92 Å². The van der Waals surface area contributed by atoms with E-state index in [0.717, 1.165) is 18.9 Å². The summed E-state index contributed by atoms with van der Waals surface area (Å²) in [7, 11) is 0. The first-order valence-corrected chi connectivity index (χ1v) is 7.40. The van der Waals surface area contributed by atoms with Crippen molar-refractivity contribution < 1.29 is 0 Å². The molecule has 2 aromatic heterocycles. The average molecular weight is 267 g/mol. The number of pyridine rings is 2. The Morgan fingerprint density at radius 3 is 2.75 bits per heavy atom. The molecule has 20 heavy (non-hydrogen) atoms. The van der Waals surface area contributed by atoms with E-state index in [1.54, 1.807) is 0 Å². The van der Waals surface area contributed by atoms with Crippen molar-refractivity contribution >= 4 is 0 Å². The number of hydrogen-bond acceptors (Lipinski definition) is 3. The third kappa shape index (κ3) is 3.64. The Balaban J connectivity index is 1.57. The molecule has 1 aliphatic heterocycles. The van der Waals surface area contributed by atoms with E-state index in [9.17, 15) is 0 Å². The van der Waals surface area contributed by atoms with Crippen molar-refractivity contribution in [2.75, 3.05) is 13.1 Å². The van der Waals surface area contributed by atoms with Crippen LogP contribution >= 0.6 is 0 Å². The van der Waals surface area contributed by atoms with Crippen LogP contribution in [0.5, 0.6) is 0 Å². The third-order valence-corrected chi connectivity index (χ3v) is 4.01. The zero-order valence-corrected chi connectivity index (χ0v) is 11.8. The lowest BCUT2D eigenvalue weighted by molar-refractivity contribution is 0.167. The van der Waals surface area contributed by atoms with Crippen molar-refractivity contribution in [1.29, 1.82) is 0 Å². The predicted octanol–water partition coefficient (Wildman–Crippen LogP) is 2.93. The second kappa shape index (κ2) is 6.62. The van der Waals surface area contributed by atoms with E-state index in [-0.39, 0.29) is 0 Å². The molecule has 0 radical (unpaired) electrons. The molecule has 104 valence electrons. The van der Waals surface area contributed by atoms with Crippen LogP contribution in [0.15, 0.2) is 49.1 Å². The van der Waals surface area contributed by atoms with Gasteiger partial charge in [0, 0.05) is 37.9 Å². The summed E-state index contributed by atoms with van der Waals surface area (Å²) in [5, 5.41) is 0. The molecule has 0 amide bonds. The predicted molar refractivity (Wildman–Crippen MR) is 80.2 cm³/mol. The van der Waals surface area contributed by atoms with Crippen LogP contribution in [0.1, 0.15) is 24.0 Å². The molecular weight excluding hydrogens is 246 g/mol. The second-order valence-corrected chi connectivity index (χ2v) is 5.66. The molecule has 0 spiro atoms. The van der Waals surface area contributed by atoms with Gasteiger partial charge in [-0.05, 0) is 61.1 Å². The molecule has 3 nitrogen and oxygen atoms in total. The van der Waals surface area contributed by atoms with E-state index in [4.69, 9.17) is 0 Å². The molecule has 1 saturated heterocycles. The van der Waals surface area contributed by atoms with Gasteiger partial charge in [-0.2, -0.15) is 0 Å². The lowest BCUT2D eigenvalue weighted by Gasteiger charge is -2.32. The van der Waals surface area contributed by atoms with E-state index in [1.165, 1.54) is 37.1 Å². The van der Waals surface area contributed by atoms with Gasteiger partial charge in [0.25, 0.3) is 0 Å². The van der Waals surface area contributed by atoms with Crippen LogP contribution in [-0.2, 0) is 13.0 Å². The van der Waals surface area contributed by atoms with Crippen molar-refractivity contribution in [3.8, 4) is 0 Å². The Labute approximate surface area is 120 Å². The summed E-state index contributed by atoms with van der Waals surface area (Å²) < 4.78 is 0. The van der Waals surface area contributed by atoms with Gasteiger partial charge in [0.2, 0.25) is 0 Å². The number of likely N-dealkylation sites (tertiary alicyclic amines) is 1. The van der Waals surface area contributed by atoms with Gasteiger partial charge in [-0.25, -0.2) is 0 Å². The van der Waals surface area contributed by atoms with E-state index < -0.39 is 0 Å². The largest absolute Gasteiger partial charge is 0.299 e.